The van der Waals surface area contributed by atoms with Crippen LogP contribution in [-0.4, -0.2) is 18.1 Å². The number of hydrogen-bond donors (Lipinski definition) is 1. The van der Waals surface area contributed by atoms with Crippen molar-refractivity contribution in [3.05, 3.63) is 34.4 Å². The van der Waals surface area contributed by atoms with Gasteiger partial charge in [-0.2, -0.15) is 11.8 Å². The minimum absolute atomic E-state index is 0.463. The smallest absolute Gasteiger partial charge is 0.0414 e. The first-order valence-corrected chi connectivity index (χ1v) is 7.91. The third-order valence-corrected chi connectivity index (χ3v) is 4.99. The first-order valence-electron chi connectivity index (χ1n) is 6.86. The highest BCUT2D eigenvalue weighted by molar-refractivity contribution is 7.99. The first kappa shape index (κ1) is 15.6. The largest absolute Gasteiger partial charge is 0.312 e. The van der Waals surface area contributed by atoms with E-state index in [4.69, 9.17) is 0 Å². The van der Waals surface area contributed by atoms with Crippen molar-refractivity contribution in [2.24, 2.45) is 0 Å². The van der Waals surface area contributed by atoms with Crippen molar-refractivity contribution in [2.75, 3.05) is 12.8 Å². The normalized spacial score (nSPS) is 14.6. The summed E-state index contributed by atoms with van der Waals surface area (Å²) in [5.74, 6) is 1.15. The molecule has 0 saturated heterocycles. The van der Waals surface area contributed by atoms with E-state index in [-0.39, 0.29) is 0 Å². The van der Waals surface area contributed by atoms with Crippen molar-refractivity contribution in [2.45, 2.75) is 52.3 Å². The lowest BCUT2D eigenvalue weighted by atomic mass is 9.95. The summed E-state index contributed by atoms with van der Waals surface area (Å²) >= 11 is 2.06. The molecule has 0 saturated carbocycles. The molecule has 1 rings (SSSR count). The van der Waals surface area contributed by atoms with Crippen molar-refractivity contribution >= 4 is 11.8 Å². The maximum Gasteiger partial charge on any atom is 0.0414 e. The number of rotatable bonds is 6. The molecule has 0 aliphatic rings. The van der Waals surface area contributed by atoms with Gasteiger partial charge in [0.05, 0.1) is 0 Å². The molecule has 1 aromatic rings. The van der Waals surface area contributed by atoms with Gasteiger partial charge in [-0.3, -0.25) is 0 Å². The molecule has 0 fully saturated rings. The second-order valence-corrected chi connectivity index (χ2v) is 6.68. The highest BCUT2D eigenvalue weighted by Gasteiger charge is 2.15. The van der Waals surface area contributed by atoms with E-state index in [0.717, 1.165) is 11.0 Å². The van der Waals surface area contributed by atoms with E-state index in [1.54, 1.807) is 0 Å². The van der Waals surface area contributed by atoms with E-state index >= 15 is 0 Å². The predicted molar refractivity (Wildman–Crippen MR) is 84.7 cm³/mol. The van der Waals surface area contributed by atoms with Gasteiger partial charge in [0.25, 0.3) is 0 Å². The Hall–Kier alpha value is -0.470. The number of benzene rings is 1. The fourth-order valence-electron chi connectivity index (χ4n) is 2.43. The molecule has 0 spiro atoms. The molecule has 0 heterocycles. The second-order valence-electron chi connectivity index (χ2n) is 5.21. The molecule has 0 aliphatic carbocycles. The molecule has 0 amide bonds. The van der Waals surface area contributed by atoms with Gasteiger partial charge in [0.15, 0.2) is 0 Å². The van der Waals surface area contributed by atoms with Crippen LogP contribution in [0, 0.1) is 20.8 Å². The van der Waals surface area contributed by atoms with Crippen LogP contribution in [0.1, 0.15) is 48.6 Å². The van der Waals surface area contributed by atoms with E-state index in [0.29, 0.717) is 6.04 Å². The van der Waals surface area contributed by atoms with Crippen LogP contribution < -0.4 is 5.32 Å². The summed E-state index contributed by atoms with van der Waals surface area (Å²) in [5, 5.41) is 4.22. The molecular formula is C16H27NS. The predicted octanol–water partition coefficient (Wildman–Crippen LogP) is 4.40. The quantitative estimate of drug-likeness (QED) is 0.818. The number of thioether (sulfide) groups is 1. The minimum Gasteiger partial charge on any atom is -0.312 e. The first-order chi connectivity index (χ1) is 8.49. The Morgan fingerprint density at radius 2 is 1.72 bits per heavy atom. The summed E-state index contributed by atoms with van der Waals surface area (Å²) in [5.41, 5.74) is 5.67. The topological polar surface area (TPSA) is 12.0 Å². The highest BCUT2D eigenvalue weighted by atomic mass is 32.2. The molecule has 18 heavy (non-hydrogen) atoms. The minimum atomic E-state index is 0.463. The van der Waals surface area contributed by atoms with Crippen LogP contribution in [0.4, 0.5) is 0 Å². The fraction of sp³-hybridized carbons (Fsp3) is 0.625. The lowest BCUT2D eigenvalue weighted by molar-refractivity contribution is 0.652. The molecule has 0 bridgehead atoms. The van der Waals surface area contributed by atoms with Crippen LogP contribution >= 0.6 is 11.8 Å². The van der Waals surface area contributed by atoms with E-state index in [1.807, 2.05) is 0 Å². The van der Waals surface area contributed by atoms with Crippen molar-refractivity contribution in [1.29, 1.82) is 0 Å². The van der Waals surface area contributed by atoms with Gasteiger partial charge in [-0.25, -0.2) is 0 Å². The molecular weight excluding hydrogens is 238 g/mol. The Kier molecular flexibility index (Phi) is 6.24. The lowest BCUT2D eigenvalue weighted by Crippen LogP contribution is -2.22. The monoisotopic (exact) mass is 265 g/mol. The van der Waals surface area contributed by atoms with E-state index in [2.05, 4.69) is 70.9 Å². The zero-order valence-electron chi connectivity index (χ0n) is 12.6. The third kappa shape index (κ3) is 4.03. The zero-order valence-corrected chi connectivity index (χ0v) is 13.4. The Balaban J connectivity index is 2.88. The summed E-state index contributed by atoms with van der Waals surface area (Å²) in [6.07, 6.45) is 1.24. The third-order valence-electron chi connectivity index (χ3n) is 3.56. The fourth-order valence-corrected chi connectivity index (χ4v) is 3.52. The Bertz CT molecular complexity index is 364. The van der Waals surface area contributed by atoms with Crippen molar-refractivity contribution < 1.29 is 0 Å². The van der Waals surface area contributed by atoms with Gasteiger partial charge in [-0.05, 0) is 50.9 Å². The highest BCUT2D eigenvalue weighted by Crippen LogP contribution is 2.28. The van der Waals surface area contributed by atoms with Crippen LogP contribution in [0.15, 0.2) is 12.1 Å². The van der Waals surface area contributed by atoms with Gasteiger partial charge in [0.1, 0.15) is 0 Å². The van der Waals surface area contributed by atoms with E-state index in [1.165, 1.54) is 28.7 Å². The number of hydrogen-bond acceptors (Lipinski definition) is 2. The van der Waals surface area contributed by atoms with Gasteiger partial charge < -0.3 is 5.32 Å². The van der Waals surface area contributed by atoms with Crippen LogP contribution in [-0.2, 0) is 0 Å². The molecule has 2 atom stereocenters. The van der Waals surface area contributed by atoms with Crippen LogP contribution in [0.3, 0.4) is 0 Å². The maximum atomic E-state index is 3.48. The standard InChI is InChI=1S/C16H27NS/c1-7-14(5)18-10-15(17-6)16-12(3)8-11(2)9-13(16)4/h8-9,14-15,17H,7,10H2,1-6H3. The Labute approximate surface area is 117 Å². The average Bonchev–Trinajstić information content (AvgIpc) is 2.31. The number of nitrogens with one attached hydrogen (secondary N) is 1. The Morgan fingerprint density at radius 1 is 1.17 bits per heavy atom. The van der Waals surface area contributed by atoms with Crippen LogP contribution in [0.5, 0.6) is 0 Å². The van der Waals surface area contributed by atoms with Gasteiger partial charge in [0.2, 0.25) is 0 Å². The summed E-state index contributed by atoms with van der Waals surface area (Å²) in [4.78, 5) is 0. The molecule has 1 N–H and O–H groups in total. The summed E-state index contributed by atoms with van der Waals surface area (Å²) in [6.45, 7) is 11.2. The second kappa shape index (κ2) is 7.20. The molecule has 0 radical (unpaired) electrons. The van der Waals surface area contributed by atoms with Crippen molar-refractivity contribution in [3.63, 3.8) is 0 Å². The molecule has 2 heteroatoms. The van der Waals surface area contributed by atoms with Crippen LogP contribution in [0.25, 0.3) is 0 Å². The van der Waals surface area contributed by atoms with E-state index < -0.39 is 0 Å². The molecule has 0 aliphatic heterocycles. The molecule has 2 unspecified atom stereocenters. The lowest BCUT2D eigenvalue weighted by Gasteiger charge is -2.23. The van der Waals surface area contributed by atoms with Crippen molar-refractivity contribution in [3.8, 4) is 0 Å². The summed E-state index contributed by atoms with van der Waals surface area (Å²) in [6, 6.07) is 5.05. The van der Waals surface area contributed by atoms with Gasteiger partial charge >= 0.3 is 0 Å². The average molecular weight is 265 g/mol. The molecule has 1 aromatic carbocycles. The zero-order chi connectivity index (χ0) is 13.7. The van der Waals surface area contributed by atoms with Gasteiger partial charge in [-0.15, -0.1) is 0 Å². The van der Waals surface area contributed by atoms with Crippen molar-refractivity contribution in [1.82, 2.24) is 5.32 Å². The maximum absolute atomic E-state index is 3.48. The summed E-state index contributed by atoms with van der Waals surface area (Å²) in [7, 11) is 2.07. The van der Waals surface area contributed by atoms with Gasteiger partial charge in [0, 0.05) is 17.0 Å². The number of aryl methyl sites for hydroxylation is 3. The molecule has 102 valence electrons. The van der Waals surface area contributed by atoms with Crippen LogP contribution in [0.2, 0.25) is 0 Å². The SMILES string of the molecule is CCC(C)SCC(NC)c1c(C)cc(C)cc1C. The Morgan fingerprint density at radius 3 is 2.17 bits per heavy atom. The molecule has 1 nitrogen and oxygen atoms in total. The van der Waals surface area contributed by atoms with E-state index in [9.17, 15) is 0 Å². The van der Waals surface area contributed by atoms with Gasteiger partial charge in [-0.1, -0.05) is 31.5 Å². The molecule has 0 aromatic heterocycles. The summed E-state index contributed by atoms with van der Waals surface area (Å²) < 4.78 is 0.